The fraction of sp³-hybridized carbons (Fsp3) is 0.483. The molecule has 0 spiro atoms. The van der Waals surface area contributed by atoms with Crippen molar-refractivity contribution in [1.29, 1.82) is 0 Å². The van der Waals surface area contributed by atoms with Crippen molar-refractivity contribution in [3.05, 3.63) is 64.5 Å². The minimum Gasteiger partial charge on any atom is -0.488 e. The first-order chi connectivity index (χ1) is 18.3. The van der Waals surface area contributed by atoms with E-state index in [1.165, 1.54) is 11.0 Å². The van der Waals surface area contributed by atoms with Gasteiger partial charge in [0.05, 0.1) is 19.1 Å². The summed E-state index contributed by atoms with van der Waals surface area (Å²) >= 11 is 0. The topological polar surface area (TPSA) is 88.2 Å². The number of hydrogen-bond acceptors (Lipinski definition) is 6. The zero-order valence-corrected chi connectivity index (χ0v) is 22.2. The Morgan fingerprint density at radius 1 is 1.13 bits per heavy atom. The SMILES string of the molecule is [2H]C1(N2Cc3c(OCc4cc(CN5CC(C)(C)OC(C)(C)C5)ccc4F)cccc3C2=O)CCC(=O)NC1=O. The Labute approximate surface area is 223 Å². The van der Waals surface area contributed by atoms with E-state index >= 15 is 0 Å². The highest BCUT2D eigenvalue weighted by atomic mass is 19.1. The molecule has 2 aromatic carbocycles. The van der Waals surface area contributed by atoms with Crippen molar-refractivity contribution in [2.75, 3.05) is 13.1 Å². The molecular formula is C29H34FN3O5. The number of carbonyl (C=O) groups excluding carboxylic acids is 3. The van der Waals surface area contributed by atoms with Crippen molar-refractivity contribution in [2.24, 2.45) is 0 Å². The van der Waals surface area contributed by atoms with Crippen molar-refractivity contribution in [2.45, 2.75) is 77.5 Å². The second kappa shape index (κ2) is 9.78. The zero-order chi connectivity index (χ0) is 28.2. The molecule has 3 aliphatic heterocycles. The van der Waals surface area contributed by atoms with Gasteiger partial charge in [0.2, 0.25) is 11.8 Å². The molecule has 1 unspecified atom stereocenters. The van der Waals surface area contributed by atoms with Crippen molar-refractivity contribution in [1.82, 2.24) is 15.1 Å². The van der Waals surface area contributed by atoms with Crippen LogP contribution in [-0.4, -0.2) is 57.8 Å². The number of piperidine rings is 1. The molecule has 1 atom stereocenters. The number of nitrogens with zero attached hydrogens (tertiary/aromatic N) is 2. The van der Waals surface area contributed by atoms with Gasteiger partial charge in [0.25, 0.3) is 5.91 Å². The fourth-order valence-electron chi connectivity index (χ4n) is 5.83. The average Bonchev–Trinajstić information content (AvgIpc) is 3.18. The Hall–Kier alpha value is -3.30. The molecule has 3 amide bonds. The van der Waals surface area contributed by atoms with Crippen molar-refractivity contribution < 1.29 is 29.6 Å². The van der Waals surface area contributed by atoms with Crippen LogP contribution in [0, 0.1) is 5.82 Å². The first-order valence-electron chi connectivity index (χ1n) is 13.4. The lowest BCUT2D eigenvalue weighted by Crippen LogP contribution is -2.56. The van der Waals surface area contributed by atoms with Crippen LogP contribution in [0.1, 0.15) is 69.0 Å². The maximum Gasteiger partial charge on any atom is 0.255 e. The number of ether oxygens (including phenoxy) is 2. The van der Waals surface area contributed by atoms with Crippen LogP contribution in [0.3, 0.4) is 0 Å². The van der Waals surface area contributed by atoms with Gasteiger partial charge >= 0.3 is 0 Å². The number of carbonyl (C=O) groups is 3. The van der Waals surface area contributed by atoms with Crippen LogP contribution in [0.15, 0.2) is 36.4 Å². The van der Waals surface area contributed by atoms with Crippen LogP contribution in [0.5, 0.6) is 5.75 Å². The standard InChI is InChI=1S/C29H34FN3O5/c1-28(2)16-32(17-29(3,4)38-28)13-18-8-9-22(30)19(12-18)15-37-24-7-5-6-20-21(24)14-33(27(20)36)23-10-11-25(34)31-26(23)35/h5-9,12,23H,10-11,13-17H2,1-4H3,(H,31,34,35)/i23D. The van der Waals surface area contributed by atoms with E-state index in [0.717, 1.165) is 18.7 Å². The number of amides is 3. The predicted molar refractivity (Wildman–Crippen MR) is 138 cm³/mol. The third-order valence-corrected chi connectivity index (χ3v) is 7.02. The normalized spacial score (nSPS) is 25.1. The van der Waals surface area contributed by atoms with Crippen LogP contribution >= 0.6 is 0 Å². The third-order valence-electron chi connectivity index (χ3n) is 7.02. The first kappa shape index (κ1) is 25.0. The summed E-state index contributed by atoms with van der Waals surface area (Å²) in [6, 6.07) is 8.10. The van der Waals surface area contributed by atoms with Crippen LogP contribution in [0.2, 0.25) is 0 Å². The molecular weight excluding hydrogens is 489 g/mol. The quantitative estimate of drug-likeness (QED) is 0.582. The molecule has 2 aromatic rings. The van der Waals surface area contributed by atoms with E-state index in [0.29, 0.717) is 29.0 Å². The Bertz CT molecular complexity index is 1330. The molecule has 0 aromatic heterocycles. The Morgan fingerprint density at radius 2 is 1.87 bits per heavy atom. The van der Waals surface area contributed by atoms with Crippen LogP contribution in [-0.2, 0) is 34.0 Å². The average molecular weight is 525 g/mol. The first-order valence-corrected chi connectivity index (χ1v) is 12.9. The number of benzene rings is 2. The van der Waals surface area contributed by atoms with Gasteiger partial charge in [0.1, 0.15) is 24.2 Å². The highest BCUT2D eigenvalue weighted by molar-refractivity contribution is 6.05. The molecule has 202 valence electrons. The molecule has 9 heteroatoms. The van der Waals surface area contributed by atoms with Gasteiger partial charge in [0, 0.05) is 42.7 Å². The molecule has 3 heterocycles. The van der Waals surface area contributed by atoms with Crippen molar-refractivity contribution >= 4 is 17.7 Å². The summed E-state index contributed by atoms with van der Waals surface area (Å²) in [6.07, 6.45) is -0.100. The van der Waals surface area contributed by atoms with Gasteiger partial charge in [-0.15, -0.1) is 0 Å². The van der Waals surface area contributed by atoms with Gasteiger partial charge in [0.15, 0.2) is 0 Å². The molecule has 0 bridgehead atoms. The molecule has 2 saturated heterocycles. The summed E-state index contributed by atoms with van der Waals surface area (Å²) in [4.78, 5) is 40.7. The number of halogens is 1. The number of nitrogens with one attached hydrogen (secondary N) is 1. The second-order valence-electron chi connectivity index (χ2n) is 11.5. The van der Waals surface area contributed by atoms with E-state index in [1.54, 1.807) is 30.3 Å². The van der Waals surface area contributed by atoms with Crippen molar-refractivity contribution in [3.8, 4) is 5.75 Å². The largest absolute Gasteiger partial charge is 0.488 e. The fourth-order valence-corrected chi connectivity index (χ4v) is 5.83. The van der Waals surface area contributed by atoms with E-state index in [-0.39, 0.29) is 43.0 Å². The van der Waals surface area contributed by atoms with E-state index in [9.17, 15) is 18.8 Å². The summed E-state index contributed by atoms with van der Waals surface area (Å²) in [5.41, 5.74) is 1.62. The highest BCUT2D eigenvalue weighted by Crippen LogP contribution is 2.34. The van der Waals surface area contributed by atoms with Gasteiger partial charge < -0.3 is 14.4 Å². The third kappa shape index (κ3) is 5.44. The predicted octanol–water partition coefficient (Wildman–Crippen LogP) is 3.56. The minimum absolute atomic E-state index is 0.0133. The second-order valence-corrected chi connectivity index (χ2v) is 11.5. The minimum atomic E-state index is -1.88. The monoisotopic (exact) mass is 524 g/mol. The molecule has 3 aliphatic rings. The zero-order valence-electron chi connectivity index (χ0n) is 23.2. The Morgan fingerprint density at radius 3 is 2.58 bits per heavy atom. The molecule has 1 N–H and O–H groups in total. The van der Waals surface area contributed by atoms with Crippen LogP contribution in [0.4, 0.5) is 4.39 Å². The summed E-state index contributed by atoms with van der Waals surface area (Å²) in [5, 5.41) is 2.16. The van der Waals surface area contributed by atoms with Crippen LogP contribution < -0.4 is 10.1 Å². The lowest BCUT2D eigenvalue weighted by atomic mass is 9.98. The molecule has 0 radical (unpaired) electrons. The van der Waals surface area contributed by atoms with Crippen molar-refractivity contribution in [3.63, 3.8) is 0 Å². The Kier molecular flexibility index (Phi) is 6.44. The van der Waals surface area contributed by atoms with E-state index in [1.807, 2.05) is 0 Å². The van der Waals surface area contributed by atoms with E-state index < -0.39 is 23.7 Å². The molecule has 2 fully saturated rings. The number of fused-ring (bicyclic) bond motifs is 1. The van der Waals surface area contributed by atoms with Gasteiger partial charge in [-0.1, -0.05) is 12.1 Å². The lowest BCUT2D eigenvalue weighted by molar-refractivity contribution is -0.182. The summed E-state index contributed by atoms with van der Waals surface area (Å²) in [5.74, 6) is -1.74. The maximum atomic E-state index is 14.8. The molecule has 5 rings (SSSR count). The summed E-state index contributed by atoms with van der Waals surface area (Å²) in [7, 11) is 0. The summed E-state index contributed by atoms with van der Waals surface area (Å²) in [6.45, 7) is 10.4. The summed E-state index contributed by atoms with van der Waals surface area (Å²) < 4.78 is 35.7. The van der Waals surface area contributed by atoms with Gasteiger partial charge in [-0.2, -0.15) is 0 Å². The maximum absolute atomic E-state index is 14.8. The molecule has 0 saturated carbocycles. The number of morpholine rings is 1. The molecule has 0 aliphatic carbocycles. The molecule has 38 heavy (non-hydrogen) atoms. The lowest BCUT2D eigenvalue weighted by Gasteiger charge is -2.47. The number of hydrogen-bond donors (Lipinski definition) is 1. The smallest absolute Gasteiger partial charge is 0.255 e. The van der Waals surface area contributed by atoms with Crippen LogP contribution in [0.25, 0.3) is 0 Å². The van der Waals surface area contributed by atoms with Gasteiger partial charge in [-0.3, -0.25) is 24.6 Å². The van der Waals surface area contributed by atoms with Gasteiger partial charge in [-0.25, -0.2) is 4.39 Å². The van der Waals surface area contributed by atoms with Gasteiger partial charge in [-0.05, 0) is 63.9 Å². The Balaban J connectivity index is 1.31. The van der Waals surface area contributed by atoms with E-state index in [4.69, 9.17) is 10.8 Å². The number of imide groups is 1. The number of rotatable bonds is 6. The molecule has 8 nitrogen and oxygen atoms in total. The van der Waals surface area contributed by atoms with E-state index in [2.05, 4.69) is 37.9 Å². The highest BCUT2D eigenvalue weighted by Gasteiger charge is 2.40.